The van der Waals surface area contributed by atoms with E-state index >= 15 is 0 Å². The van der Waals surface area contributed by atoms with Gasteiger partial charge in [-0.2, -0.15) is 0 Å². The Labute approximate surface area is 150 Å². The summed E-state index contributed by atoms with van der Waals surface area (Å²) < 4.78 is 0. The third kappa shape index (κ3) is 6.04. The summed E-state index contributed by atoms with van der Waals surface area (Å²) >= 11 is 0. The van der Waals surface area contributed by atoms with Gasteiger partial charge in [0, 0.05) is 31.7 Å². The van der Waals surface area contributed by atoms with Crippen molar-refractivity contribution in [2.75, 3.05) is 25.4 Å². The van der Waals surface area contributed by atoms with Crippen LogP contribution in [0.1, 0.15) is 38.2 Å². The highest BCUT2D eigenvalue weighted by Crippen LogP contribution is 2.17. The molecule has 0 aromatic heterocycles. The van der Waals surface area contributed by atoms with Crippen molar-refractivity contribution in [3.63, 3.8) is 0 Å². The monoisotopic (exact) mass is 353 g/mol. The van der Waals surface area contributed by atoms with E-state index in [9.17, 15) is 9.59 Å². The Hall–Kier alpha value is -1.75. The highest BCUT2D eigenvalue weighted by molar-refractivity contribution is 5.85. The maximum absolute atomic E-state index is 12.3. The van der Waals surface area contributed by atoms with E-state index in [4.69, 9.17) is 5.73 Å². The molecule has 1 fully saturated rings. The van der Waals surface area contributed by atoms with Crippen molar-refractivity contribution in [2.45, 2.75) is 39.0 Å². The molecule has 1 heterocycles. The number of hydrogen-bond donors (Lipinski definition) is 2. The minimum Gasteiger partial charge on any atom is -0.399 e. The number of benzene rings is 1. The first-order chi connectivity index (χ1) is 11.1. The van der Waals surface area contributed by atoms with E-state index in [1.54, 1.807) is 0 Å². The normalized spacial score (nSPS) is 17.0. The summed E-state index contributed by atoms with van der Waals surface area (Å²) in [4.78, 5) is 26.1. The van der Waals surface area contributed by atoms with Gasteiger partial charge in [-0.15, -0.1) is 12.4 Å². The first-order valence-corrected chi connectivity index (χ1v) is 8.50. The van der Waals surface area contributed by atoms with Crippen molar-refractivity contribution in [1.29, 1.82) is 0 Å². The quantitative estimate of drug-likeness (QED) is 0.771. The van der Waals surface area contributed by atoms with Crippen LogP contribution in [0.4, 0.5) is 5.69 Å². The molecular formula is C18H28ClN3O2. The van der Waals surface area contributed by atoms with Gasteiger partial charge in [-0.3, -0.25) is 9.59 Å². The Balaban J connectivity index is 0.00000288. The summed E-state index contributed by atoms with van der Waals surface area (Å²) in [6, 6.07) is 7.70. The second kappa shape index (κ2) is 10.2. The fourth-order valence-corrected chi connectivity index (χ4v) is 2.95. The number of nitrogens with zero attached hydrogens (tertiary/aromatic N) is 1. The molecule has 2 amide bonds. The fourth-order valence-electron chi connectivity index (χ4n) is 2.95. The van der Waals surface area contributed by atoms with Gasteiger partial charge in [0.2, 0.25) is 11.8 Å². The number of rotatable bonds is 6. The summed E-state index contributed by atoms with van der Waals surface area (Å²) in [5.41, 5.74) is 7.56. The number of likely N-dealkylation sites (tertiary alicyclic amines) is 1. The van der Waals surface area contributed by atoms with Gasteiger partial charge >= 0.3 is 0 Å². The molecule has 2 rings (SSSR count). The van der Waals surface area contributed by atoms with E-state index in [0.29, 0.717) is 19.5 Å². The van der Waals surface area contributed by atoms with Crippen LogP contribution in [0.2, 0.25) is 0 Å². The van der Waals surface area contributed by atoms with E-state index in [-0.39, 0.29) is 30.1 Å². The molecule has 1 atom stereocenters. The largest absolute Gasteiger partial charge is 0.399 e. The molecule has 0 aliphatic carbocycles. The fraction of sp³-hybridized carbons (Fsp3) is 0.556. The molecule has 0 bridgehead atoms. The minimum atomic E-state index is -0.0732. The van der Waals surface area contributed by atoms with Gasteiger partial charge in [-0.05, 0) is 43.4 Å². The summed E-state index contributed by atoms with van der Waals surface area (Å²) in [5.74, 6) is 0.164. The van der Waals surface area contributed by atoms with Crippen LogP contribution in [-0.4, -0.2) is 36.3 Å². The van der Waals surface area contributed by atoms with Crippen LogP contribution in [0, 0.1) is 5.92 Å². The molecule has 1 saturated heterocycles. The molecule has 24 heavy (non-hydrogen) atoms. The SMILES string of the molecule is CCCC(=O)N1CCCC(C(=O)NCCc2ccc(N)cc2)C1.Cl. The molecule has 1 unspecified atom stereocenters. The second-order valence-electron chi connectivity index (χ2n) is 6.21. The number of nitrogens with two attached hydrogens (primary N) is 1. The maximum Gasteiger partial charge on any atom is 0.224 e. The van der Waals surface area contributed by atoms with Crippen molar-refractivity contribution in [3.8, 4) is 0 Å². The summed E-state index contributed by atoms with van der Waals surface area (Å²) in [5, 5.41) is 3.00. The lowest BCUT2D eigenvalue weighted by molar-refractivity contribution is -0.135. The van der Waals surface area contributed by atoms with Gasteiger partial charge in [0.25, 0.3) is 0 Å². The van der Waals surface area contributed by atoms with Crippen molar-refractivity contribution in [2.24, 2.45) is 5.92 Å². The predicted molar refractivity (Wildman–Crippen MR) is 99.0 cm³/mol. The first kappa shape index (κ1) is 20.3. The molecule has 3 N–H and O–H groups in total. The summed E-state index contributed by atoms with van der Waals surface area (Å²) in [6.07, 6.45) is 3.99. The van der Waals surface area contributed by atoms with Crippen LogP contribution in [0.15, 0.2) is 24.3 Å². The zero-order valence-electron chi connectivity index (χ0n) is 14.3. The molecule has 6 heteroatoms. The van der Waals surface area contributed by atoms with Crippen LogP contribution >= 0.6 is 12.4 Å². The number of halogens is 1. The molecule has 134 valence electrons. The Kier molecular flexibility index (Phi) is 8.61. The molecule has 1 aromatic carbocycles. The summed E-state index contributed by atoms with van der Waals surface area (Å²) in [6.45, 7) is 3.96. The molecule has 1 aromatic rings. The highest BCUT2D eigenvalue weighted by atomic mass is 35.5. The minimum absolute atomic E-state index is 0. The van der Waals surface area contributed by atoms with Crippen LogP contribution < -0.4 is 11.1 Å². The number of carbonyl (C=O) groups is 2. The third-order valence-corrected chi connectivity index (χ3v) is 4.30. The zero-order valence-corrected chi connectivity index (χ0v) is 15.1. The van der Waals surface area contributed by atoms with Gasteiger partial charge < -0.3 is 16.0 Å². The van der Waals surface area contributed by atoms with Crippen molar-refractivity contribution >= 4 is 29.9 Å². The Morgan fingerprint density at radius 2 is 2.00 bits per heavy atom. The van der Waals surface area contributed by atoms with Gasteiger partial charge in [0.1, 0.15) is 0 Å². The van der Waals surface area contributed by atoms with Crippen LogP contribution in [0.25, 0.3) is 0 Å². The van der Waals surface area contributed by atoms with Gasteiger partial charge in [0.05, 0.1) is 5.92 Å². The number of hydrogen-bond acceptors (Lipinski definition) is 3. The third-order valence-electron chi connectivity index (χ3n) is 4.30. The molecular weight excluding hydrogens is 326 g/mol. The predicted octanol–water partition coefficient (Wildman–Crippen LogP) is 2.39. The smallest absolute Gasteiger partial charge is 0.224 e. The van der Waals surface area contributed by atoms with E-state index in [0.717, 1.165) is 43.5 Å². The number of anilines is 1. The van der Waals surface area contributed by atoms with Crippen molar-refractivity contribution in [1.82, 2.24) is 10.2 Å². The molecule has 0 saturated carbocycles. The lowest BCUT2D eigenvalue weighted by Gasteiger charge is -2.32. The van der Waals surface area contributed by atoms with E-state index < -0.39 is 0 Å². The Morgan fingerprint density at radius 3 is 2.67 bits per heavy atom. The lowest BCUT2D eigenvalue weighted by Crippen LogP contribution is -2.45. The molecule has 0 radical (unpaired) electrons. The lowest BCUT2D eigenvalue weighted by atomic mass is 9.96. The van der Waals surface area contributed by atoms with E-state index in [1.165, 1.54) is 0 Å². The average molecular weight is 354 g/mol. The summed E-state index contributed by atoms with van der Waals surface area (Å²) in [7, 11) is 0. The molecule has 1 aliphatic heterocycles. The zero-order chi connectivity index (χ0) is 16.7. The van der Waals surface area contributed by atoms with Gasteiger partial charge in [0.15, 0.2) is 0 Å². The van der Waals surface area contributed by atoms with Gasteiger partial charge in [-0.1, -0.05) is 19.1 Å². The number of nitrogen functional groups attached to an aromatic ring is 1. The maximum atomic E-state index is 12.3. The number of nitrogens with one attached hydrogen (secondary N) is 1. The standard InChI is InChI=1S/C18H27N3O2.ClH/c1-2-4-17(22)21-12-3-5-15(13-21)18(23)20-11-10-14-6-8-16(19)9-7-14;/h6-9,15H,2-5,10-13,19H2,1H3,(H,20,23);1H. The van der Waals surface area contributed by atoms with Crippen molar-refractivity contribution in [3.05, 3.63) is 29.8 Å². The van der Waals surface area contributed by atoms with Crippen LogP contribution in [0.3, 0.4) is 0 Å². The Morgan fingerprint density at radius 1 is 1.29 bits per heavy atom. The number of piperidine rings is 1. The Bertz CT molecular complexity index is 534. The first-order valence-electron chi connectivity index (χ1n) is 8.50. The molecule has 5 nitrogen and oxygen atoms in total. The van der Waals surface area contributed by atoms with E-state index in [2.05, 4.69) is 5.32 Å². The average Bonchev–Trinajstić information content (AvgIpc) is 2.57. The molecule has 1 aliphatic rings. The van der Waals surface area contributed by atoms with Crippen LogP contribution in [0.5, 0.6) is 0 Å². The van der Waals surface area contributed by atoms with Crippen LogP contribution in [-0.2, 0) is 16.0 Å². The second-order valence-corrected chi connectivity index (χ2v) is 6.21. The van der Waals surface area contributed by atoms with E-state index in [1.807, 2.05) is 36.1 Å². The highest BCUT2D eigenvalue weighted by Gasteiger charge is 2.27. The van der Waals surface area contributed by atoms with Crippen molar-refractivity contribution < 1.29 is 9.59 Å². The van der Waals surface area contributed by atoms with Gasteiger partial charge in [-0.25, -0.2) is 0 Å². The number of carbonyl (C=O) groups excluding carboxylic acids is 2. The molecule has 0 spiro atoms. The topological polar surface area (TPSA) is 75.4 Å². The number of amides is 2.